The van der Waals surface area contributed by atoms with Gasteiger partial charge in [-0.2, -0.15) is 8.78 Å². The number of benzene rings is 1. The van der Waals surface area contributed by atoms with Crippen molar-refractivity contribution in [2.24, 2.45) is 0 Å². The molecule has 21 heavy (non-hydrogen) atoms. The Bertz CT molecular complexity index is 485. The molecule has 1 atom stereocenters. The van der Waals surface area contributed by atoms with Gasteiger partial charge in [0.25, 0.3) is 0 Å². The van der Waals surface area contributed by atoms with E-state index in [0.717, 1.165) is 12.1 Å². The first kappa shape index (κ1) is 18.2. The molecule has 0 aliphatic heterocycles. The number of nitrogens with one attached hydrogen (secondary N) is 1. The summed E-state index contributed by atoms with van der Waals surface area (Å²) in [7, 11) is 1.33. The highest BCUT2D eigenvalue weighted by Crippen LogP contribution is 2.28. The van der Waals surface area contributed by atoms with E-state index in [-0.39, 0.29) is 4.47 Å². The quantitative estimate of drug-likeness (QED) is 0.572. The van der Waals surface area contributed by atoms with E-state index < -0.39 is 48.8 Å². The van der Waals surface area contributed by atoms with Crippen LogP contribution < -0.4 is 5.32 Å². The Morgan fingerprint density at radius 3 is 2.43 bits per heavy atom. The lowest BCUT2D eigenvalue weighted by Crippen LogP contribution is -2.34. The van der Waals surface area contributed by atoms with Crippen molar-refractivity contribution >= 4 is 15.9 Å². The Balaban J connectivity index is 2.80. The second kappa shape index (κ2) is 7.46. The first-order valence-corrected chi connectivity index (χ1v) is 6.54. The van der Waals surface area contributed by atoms with Crippen molar-refractivity contribution in [3.05, 3.63) is 33.8 Å². The molecular weight excluding hydrogens is 368 g/mol. The Morgan fingerprint density at radius 1 is 1.29 bits per heavy atom. The van der Waals surface area contributed by atoms with E-state index in [1.165, 1.54) is 7.05 Å². The van der Waals surface area contributed by atoms with E-state index in [1.807, 2.05) is 0 Å². The predicted octanol–water partition coefficient (Wildman–Crippen LogP) is 3.90. The molecule has 1 N–H and O–H groups in total. The third-order valence-electron chi connectivity index (χ3n) is 2.67. The topological polar surface area (TPSA) is 21.3 Å². The molecule has 0 aliphatic carbocycles. The standard InChI is InChI=1S/C12H12BrF6NO/c1-20-8(4-21-5-12(18,19)11(16)17)9-7(14)3-2-6(13)10(9)15/h2-3,8,11,20H,4-5H2,1H3. The number of likely N-dealkylation sites (N-methyl/N-ethyl adjacent to an activating group) is 1. The maximum absolute atomic E-state index is 13.8. The highest BCUT2D eigenvalue weighted by atomic mass is 79.9. The van der Waals surface area contributed by atoms with Gasteiger partial charge in [-0.1, -0.05) is 0 Å². The molecule has 0 spiro atoms. The Kier molecular flexibility index (Phi) is 6.48. The van der Waals surface area contributed by atoms with Crippen molar-refractivity contribution in [2.45, 2.75) is 18.4 Å². The molecule has 0 aliphatic rings. The zero-order valence-electron chi connectivity index (χ0n) is 10.8. The van der Waals surface area contributed by atoms with Crippen LogP contribution in [-0.2, 0) is 4.74 Å². The maximum Gasteiger partial charge on any atom is 0.330 e. The van der Waals surface area contributed by atoms with Crippen molar-refractivity contribution in [1.82, 2.24) is 5.32 Å². The fourth-order valence-corrected chi connectivity index (χ4v) is 1.89. The van der Waals surface area contributed by atoms with Crippen molar-refractivity contribution in [3.8, 4) is 0 Å². The second-order valence-electron chi connectivity index (χ2n) is 4.17. The average Bonchev–Trinajstić information content (AvgIpc) is 2.41. The SMILES string of the molecule is CNC(COCC(F)(F)C(F)F)c1c(F)ccc(Br)c1F. The molecule has 1 aromatic rings. The molecule has 0 aromatic heterocycles. The van der Waals surface area contributed by atoms with Gasteiger partial charge in [0.15, 0.2) is 0 Å². The second-order valence-corrected chi connectivity index (χ2v) is 5.03. The lowest BCUT2D eigenvalue weighted by Gasteiger charge is -2.21. The van der Waals surface area contributed by atoms with Crippen molar-refractivity contribution in [3.63, 3.8) is 0 Å². The molecule has 0 saturated carbocycles. The van der Waals surface area contributed by atoms with Crippen LogP contribution in [0.5, 0.6) is 0 Å². The summed E-state index contributed by atoms with van der Waals surface area (Å²) in [5.74, 6) is -6.13. The van der Waals surface area contributed by atoms with Gasteiger partial charge < -0.3 is 10.1 Å². The van der Waals surface area contributed by atoms with Crippen LogP contribution >= 0.6 is 15.9 Å². The van der Waals surface area contributed by atoms with Crippen molar-refractivity contribution in [2.75, 3.05) is 20.3 Å². The monoisotopic (exact) mass is 379 g/mol. The van der Waals surface area contributed by atoms with Gasteiger partial charge in [0.2, 0.25) is 0 Å². The van der Waals surface area contributed by atoms with Crippen molar-refractivity contribution in [1.29, 1.82) is 0 Å². The molecule has 9 heteroatoms. The maximum atomic E-state index is 13.8. The van der Waals surface area contributed by atoms with Crippen LogP contribution in [-0.4, -0.2) is 32.6 Å². The number of halogens is 7. The number of hydrogen-bond acceptors (Lipinski definition) is 2. The summed E-state index contributed by atoms with van der Waals surface area (Å²) in [4.78, 5) is 0. The number of hydrogen-bond donors (Lipinski definition) is 1. The molecular formula is C12H12BrF6NO. The minimum Gasteiger partial charge on any atom is -0.373 e. The molecule has 1 aromatic carbocycles. The predicted molar refractivity (Wildman–Crippen MR) is 67.6 cm³/mol. The highest BCUT2D eigenvalue weighted by molar-refractivity contribution is 9.10. The summed E-state index contributed by atoms with van der Waals surface area (Å²) in [6.07, 6.45) is -3.87. The first-order chi connectivity index (χ1) is 9.70. The molecule has 0 heterocycles. The third-order valence-corrected chi connectivity index (χ3v) is 3.29. The Hall–Kier alpha value is -0.800. The van der Waals surface area contributed by atoms with E-state index in [2.05, 4.69) is 26.0 Å². The van der Waals surface area contributed by atoms with Crippen LogP contribution in [0.1, 0.15) is 11.6 Å². The fourth-order valence-electron chi connectivity index (χ4n) is 1.55. The number of ether oxygens (including phenoxy) is 1. The molecule has 0 radical (unpaired) electrons. The largest absolute Gasteiger partial charge is 0.373 e. The smallest absolute Gasteiger partial charge is 0.330 e. The molecule has 2 nitrogen and oxygen atoms in total. The molecule has 0 fully saturated rings. The van der Waals surface area contributed by atoms with E-state index in [4.69, 9.17) is 0 Å². The minimum atomic E-state index is -4.31. The summed E-state index contributed by atoms with van der Waals surface area (Å²) in [5.41, 5.74) is -0.424. The first-order valence-electron chi connectivity index (χ1n) is 5.75. The molecule has 1 rings (SSSR count). The summed E-state index contributed by atoms with van der Waals surface area (Å²) in [5, 5.41) is 2.48. The highest BCUT2D eigenvalue weighted by Gasteiger charge is 2.41. The van der Waals surface area contributed by atoms with E-state index in [1.54, 1.807) is 0 Å². The van der Waals surface area contributed by atoms with Crippen LogP contribution in [0.15, 0.2) is 16.6 Å². The van der Waals surface area contributed by atoms with E-state index >= 15 is 0 Å². The summed E-state index contributed by atoms with van der Waals surface area (Å²) < 4.78 is 81.2. The Labute approximate surface area is 125 Å². The molecule has 0 saturated heterocycles. The summed E-state index contributed by atoms with van der Waals surface area (Å²) in [6.45, 7) is -2.14. The summed E-state index contributed by atoms with van der Waals surface area (Å²) >= 11 is 2.87. The van der Waals surface area contributed by atoms with Gasteiger partial charge in [-0.15, -0.1) is 0 Å². The normalized spacial score (nSPS) is 13.8. The van der Waals surface area contributed by atoms with E-state index in [9.17, 15) is 26.3 Å². The van der Waals surface area contributed by atoms with Gasteiger partial charge in [-0.05, 0) is 35.1 Å². The van der Waals surface area contributed by atoms with Crippen LogP contribution in [0, 0.1) is 11.6 Å². The lowest BCUT2D eigenvalue weighted by atomic mass is 10.1. The molecule has 0 amide bonds. The van der Waals surface area contributed by atoms with Gasteiger partial charge in [-0.25, -0.2) is 17.6 Å². The van der Waals surface area contributed by atoms with Crippen LogP contribution in [0.2, 0.25) is 0 Å². The molecule has 120 valence electrons. The van der Waals surface area contributed by atoms with Crippen LogP contribution in [0.3, 0.4) is 0 Å². The Morgan fingerprint density at radius 2 is 1.90 bits per heavy atom. The van der Waals surface area contributed by atoms with Gasteiger partial charge in [-0.3, -0.25) is 0 Å². The van der Waals surface area contributed by atoms with Gasteiger partial charge >= 0.3 is 12.3 Å². The van der Waals surface area contributed by atoms with Crippen LogP contribution in [0.25, 0.3) is 0 Å². The lowest BCUT2D eigenvalue weighted by molar-refractivity contribution is -0.167. The summed E-state index contributed by atoms with van der Waals surface area (Å²) in [6, 6.07) is 1.03. The fraction of sp³-hybridized carbons (Fsp3) is 0.500. The minimum absolute atomic E-state index is 0.0166. The zero-order chi connectivity index (χ0) is 16.2. The van der Waals surface area contributed by atoms with Gasteiger partial charge in [0.05, 0.1) is 17.1 Å². The third kappa shape index (κ3) is 4.58. The molecule has 1 unspecified atom stereocenters. The molecule has 0 bridgehead atoms. The van der Waals surface area contributed by atoms with E-state index in [0.29, 0.717) is 0 Å². The number of rotatable bonds is 7. The average molecular weight is 380 g/mol. The van der Waals surface area contributed by atoms with Gasteiger partial charge in [0, 0.05) is 5.56 Å². The number of alkyl halides is 4. The van der Waals surface area contributed by atoms with Crippen LogP contribution in [0.4, 0.5) is 26.3 Å². The van der Waals surface area contributed by atoms with Crippen molar-refractivity contribution < 1.29 is 31.1 Å². The zero-order valence-corrected chi connectivity index (χ0v) is 12.4. The van der Waals surface area contributed by atoms with Gasteiger partial charge in [0.1, 0.15) is 18.2 Å².